The first-order valence-corrected chi connectivity index (χ1v) is 9.19. The van der Waals surface area contributed by atoms with Crippen LogP contribution in [-0.2, 0) is 19.9 Å². The number of anilines is 1. The molecule has 1 atom stereocenters. The van der Waals surface area contributed by atoms with Gasteiger partial charge in [0.1, 0.15) is 17.9 Å². The number of amides is 4. The van der Waals surface area contributed by atoms with Crippen molar-refractivity contribution in [1.82, 2.24) is 10.2 Å². The summed E-state index contributed by atoms with van der Waals surface area (Å²) in [6, 6.07) is 10.5. The second kappa shape index (κ2) is 8.32. The van der Waals surface area contributed by atoms with Gasteiger partial charge in [-0.05, 0) is 48.4 Å². The Morgan fingerprint density at radius 3 is 2.30 bits per heavy atom. The number of carbonyl (C=O) groups excluding carboxylic acids is 4. The van der Waals surface area contributed by atoms with Gasteiger partial charge in [0.2, 0.25) is 5.91 Å². The van der Waals surface area contributed by atoms with Crippen LogP contribution in [0.4, 0.5) is 14.9 Å². The summed E-state index contributed by atoms with van der Waals surface area (Å²) in [5.41, 5.74) is -0.213. The minimum Gasteiger partial charge on any atom is -0.465 e. The molecule has 0 aromatic heterocycles. The van der Waals surface area contributed by atoms with E-state index in [4.69, 9.17) is 0 Å². The molecule has 1 fully saturated rings. The number of hydrogen-bond donors (Lipinski definition) is 2. The maximum Gasteiger partial charge on any atom is 0.337 e. The second-order valence-corrected chi connectivity index (χ2v) is 6.70. The number of benzene rings is 2. The predicted octanol–water partition coefficient (Wildman–Crippen LogP) is 2.41. The Balaban J connectivity index is 1.72. The third kappa shape index (κ3) is 3.86. The Kier molecular flexibility index (Phi) is 5.81. The molecule has 1 aliphatic rings. The summed E-state index contributed by atoms with van der Waals surface area (Å²) in [4.78, 5) is 50.1. The molecular formula is C21H20FN3O5. The van der Waals surface area contributed by atoms with Crippen molar-refractivity contribution in [3.8, 4) is 0 Å². The van der Waals surface area contributed by atoms with Gasteiger partial charge in [-0.15, -0.1) is 0 Å². The Labute approximate surface area is 172 Å². The molecule has 2 aromatic rings. The fraction of sp³-hybridized carbons (Fsp3) is 0.238. The number of nitrogens with one attached hydrogen (secondary N) is 2. The van der Waals surface area contributed by atoms with Gasteiger partial charge in [0, 0.05) is 5.69 Å². The van der Waals surface area contributed by atoms with Gasteiger partial charge in [-0.3, -0.25) is 14.5 Å². The van der Waals surface area contributed by atoms with E-state index in [9.17, 15) is 23.6 Å². The van der Waals surface area contributed by atoms with Crippen molar-refractivity contribution in [1.29, 1.82) is 0 Å². The van der Waals surface area contributed by atoms with Crippen molar-refractivity contribution < 1.29 is 28.3 Å². The van der Waals surface area contributed by atoms with E-state index in [1.165, 1.54) is 55.6 Å². The molecule has 30 heavy (non-hydrogen) atoms. The lowest BCUT2D eigenvalue weighted by molar-refractivity contribution is -0.134. The number of carbonyl (C=O) groups is 4. The average Bonchev–Trinajstić information content (AvgIpc) is 2.99. The quantitative estimate of drug-likeness (QED) is 0.559. The van der Waals surface area contributed by atoms with Gasteiger partial charge in [0.15, 0.2) is 0 Å². The third-order valence-electron chi connectivity index (χ3n) is 4.93. The van der Waals surface area contributed by atoms with Crippen molar-refractivity contribution in [3.63, 3.8) is 0 Å². The highest BCUT2D eigenvalue weighted by molar-refractivity contribution is 6.10. The fourth-order valence-corrected chi connectivity index (χ4v) is 3.30. The van der Waals surface area contributed by atoms with Crippen LogP contribution < -0.4 is 10.6 Å². The van der Waals surface area contributed by atoms with Crippen molar-refractivity contribution in [2.45, 2.75) is 18.9 Å². The SMILES string of the molecule is CCC1(c2ccc(F)cc2)NC(=O)N(CC(=O)Nc2ccc(C(=O)OC)cc2)C1=O. The zero-order valence-corrected chi connectivity index (χ0v) is 16.4. The van der Waals surface area contributed by atoms with E-state index in [0.717, 1.165) is 4.90 Å². The molecule has 1 unspecified atom stereocenters. The van der Waals surface area contributed by atoms with E-state index in [1.54, 1.807) is 6.92 Å². The molecule has 2 N–H and O–H groups in total. The number of ether oxygens (including phenoxy) is 1. The van der Waals surface area contributed by atoms with E-state index < -0.39 is 41.7 Å². The van der Waals surface area contributed by atoms with Crippen LogP contribution in [-0.4, -0.2) is 42.4 Å². The van der Waals surface area contributed by atoms with Gasteiger partial charge in [0.05, 0.1) is 12.7 Å². The lowest BCUT2D eigenvalue weighted by Crippen LogP contribution is -2.44. The maximum absolute atomic E-state index is 13.3. The molecule has 2 aromatic carbocycles. The molecule has 1 heterocycles. The standard InChI is InChI=1S/C21H20FN3O5/c1-3-21(14-6-8-15(22)9-7-14)19(28)25(20(29)24-21)12-17(26)23-16-10-4-13(5-11-16)18(27)30-2/h4-11H,3,12H2,1-2H3,(H,23,26)(H,24,29). The number of halogens is 1. The zero-order chi connectivity index (χ0) is 21.9. The first kappa shape index (κ1) is 21.0. The zero-order valence-electron chi connectivity index (χ0n) is 16.4. The molecule has 0 radical (unpaired) electrons. The third-order valence-corrected chi connectivity index (χ3v) is 4.93. The molecule has 0 spiro atoms. The highest BCUT2D eigenvalue weighted by atomic mass is 19.1. The molecule has 3 rings (SSSR count). The topological polar surface area (TPSA) is 105 Å². The number of esters is 1. The summed E-state index contributed by atoms with van der Waals surface area (Å²) in [6.45, 7) is 1.22. The highest BCUT2D eigenvalue weighted by Gasteiger charge is 2.51. The van der Waals surface area contributed by atoms with E-state index >= 15 is 0 Å². The Morgan fingerprint density at radius 2 is 1.73 bits per heavy atom. The van der Waals surface area contributed by atoms with Crippen LogP contribution in [0.1, 0.15) is 29.3 Å². The normalized spacial score (nSPS) is 18.2. The second-order valence-electron chi connectivity index (χ2n) is 6.70. The smallest absolute Gasteiger partial charge is 0.337 e. The van der Waals surface area contributed by atoms with E-state index in [0.29, 0.717) is 16.8 Å². The minimum absolute atomic E-state index is 0.232. The van der Waals surface area contributed by atoms with Gasteiger partial charge in [-0.1, -0.05) is 19.1 Å². The first-order chi connectivity index (χ1) is 14.3. The average molecular weight is 413 g/mol. The predicted molar refractivity (Wildman–Crippen MR) is 105 cm³/mol. The summed E-state index contributed by atoms with van der Waals surface area (Å²) >= 11 is 0. The van der Waals surface area contributed by atoms with Crippen molar-refractivity contribution in [3.05, 3.63) is 65.5 Å². The monoisotopic (exact) mass is 413 g/mol. The molecule has 1 saturated heterocycles. The van der Waals surface area contributed by atoms with Crippen LogP contribution in [0.15, 0.2) is 48.5 Å². The van der Waals surface area contributed by atoms with Crippen LogP contribution in [0.5, 0.6) is 0 Å². The number of urea groups is 1. The minimum atomic E-state index is -1.35. The van der Waals surface area contributed by atoms with Gasteiger partial charge in [-0.2, -0.15) is 0 Å². The largest absolute Gasteiger partial charge is 0.465 e. The highest BCUT2D eigenvalue weighted by Crippen LogP contribution is 2.32. The molecule has 4 amide bonds. The fourth-order valence-electron chi connectivity index (χ4n) is 3.30. The van der Waals surface area contributed by atoms with Crippen molar-refractivity contribution in [2.24, 2.45) is 0 Å². The van der Waals surface area contributed by atoms with E-state index in [-0.39, 0.29) is 6.42 Å². The lowest BCUT2D eigenvalue weighted by atomic mass is 9.87. The number of hydrogen-bond acceptors (Lipinski definition) is 5. The van der Waals surface area contributed by atoms with Gasteiger partial charge in [0.25, 0.3) is 5.91 Å². The Hall–Kier alpha value is -3.75. The summed E-state index contributed by atoms with van der Waals surface area (Å²) in [7, 11) is 1.26. The summed E-state index contributed by atoms with van der Waals surface area (Å²) in [5, 5.41) is 5.20. The molecule has 8 nitrogen and oxygen atoms in total. The van der Waals surface area contributed by atoms with Crippen LogP contribution in [0, 0.1) is 5.82 Å². The molecule has 0 saturated carbocycles. The summed E-state index contributed by atoms with van der Waals surface area (Å²) in [6.07, 6.45) is 0.232. The van der Waals surface area contributed by atoms with Crippen molar-refractivity contribution in [2.75, 3.05) is 19.0 Å². The van der Waals surface area contributed by atoms with Crippen molar-refractivity contribution >= 4 is 29.5 Å². The van der Waals surface area contributed by atoms with Crippen LogP contribution in [0.2, 0.25) is 0 Å². The molecule has 1 aliphatic heterocycles. The van der Waals surface area contributed by atoms with Gasteiger partial charge >= 0.3 is 12.0 Å². The number of rotatable bonds is 6. The van der Waals surface area contributed by atoms with Crippen LogP contribution >= 0.6 is 0 Å². The van der Waals surface area contributed by atoms with E-state index in [2.05, 4.69) is 15.4 Å². The molecule has 0 bridgehead atoms. The van der Waals surface area contributed by atoms with Crippen LogP contribution in [0.3, 0.4) is 0 Å². The van der Waals surface area contributed by atoms with E-state index in [1.807, 2.05) is 0 Å². The Morgan fingerprint density at radius 1 is 1.10 bits per heavy atom. The molecule has 9 heteroatoms. The van der Waals surface area contributed by atoms with Gasteiger partial charge in [-0.25, -0.2) is 14.0 Å². The summed E-state index contributed by atoms with van der Waals surface area (Å²) < 4.78 is 17.9. The van der Waals surface area contributed by atoms with Crippen LogP contribution in [0.25, 0.3) is 0 Å². The first-order valence-electron chi connectivity index (χ1n) is 9.19. The Bertz CT molecular complexity index is 991. The molecule has 0 aliphatic carbocycles. The summed E-state index contributed by atoms with van der Waals surface area (Å²) in [5.74, 6) is -2.15. The maximum atomic E-state index is 13.3. The molecular weight excluding hydrogens is 393 g/mol. The van der Waals surface area contributed by atoms with Gasteiger partial charge < -0.3 is 15.4 Å². The number of methoxy groups -OCH3 is 1. The lowest BCUT2D eigenvalue weighted by Gasteiger charge is -2.25. The number of nitrogens with zero attached hydrogens (tertiary/aromatic N) is 1. The molecule has 156 valence electrons. The number of imide groups is 1.